The molecule has 0 saturated carbocycles. The topological polar surface area (TPSA) is 63.7 Å². The summed E-state index contributed by atoms with van der Waals surface area (Å²) in [5.41, 5.74) is 1.57. The highest BCUT2D eigenvalue weighted by molar-refractivity contribution is 5.72. The summed E-state index contributed by atoms with van der Waals surface area (Å²) in [6, 6.07) is 3.77. The molecule has 19 heavy (non-hydrogen) atoms. The normalized spacial score (nSPS) is 13.8. The number of hydrogen-bond acceptors (Lipinski definition) is 5. The van der Waals surface area contributed by atoms with E-state index in [1.165, 1.54) is 19.4 Å². The van der Waals surface area contributed by atoms with Crippen LogP contribution in [-0.4, -0.2) is 29.9 Å². The minimum absolute atomic E-state index is 0.00460. The van der Waals surface area contributed by atoms with Gasteiger partial charge in [0.05, 0.1) is 0 Å². The molecule has 1 aliphatic heterocycles. The highest BCUT2D eigenvalue weighted by atomic mass is 16.7. The van der Waals surface area contributed by atoms with Crippen molar-refractivity contribution >= 4 is 11.7 Å². The Kier molecular flexibility index (Phi) is 3.89. The lowest BCUT2D eigenvalue weighted by molar-refractivity contribution is -0.128. The average Bonchev–Trinajstić information content (AvgIpc) is 2.92. The molecule has 0 unspecified atom stereocenters. The number of amides is 1. The molecule has 1 aliphatic rings. The fourth-order valence-electron chi connectivity index (χ4n) is 1.72. The SMILES string of the molecule is CNc1ccc(CN(C)C(C)=O)c(C2OC=CO2)n1. The maximum atomic E-state index is 11.3. The van der Waals surface area contributed by atoms with Crippen LogP contribution in [-0.2, 0) is 20.8 Å². The third-order valence-electron chi connectivity index (χ3n) is 2.90. The molecular formula is C13H17N3O3. The molecule has 1 N–H and O–H groups in total. The van der Waals surface area contributed by atoms with Gasteiger partial charge < -0.3 is 19.7 Å². The Bertz CT molecular complexity index is 494. The molecular weight excluding hydrogens is 246 g/mol. The van der Waals surface area contributed by atoms with Crippen molar-refractivity contribution in [2.75, 3.05) is 19.4 Å². The summed E-state index contributed by atoms with van der Waals surface area (Å²) >= 11 is 0. The molecule has 2 heterocycles. The second kappa shape index (κ2) is 5.60. The third kappa shape index (κ3) is 2.96. The van der Waals surface area contributed by atoms with E-state index in [4.69, 9.17) is 9.47 Å². The number of aromatic nitrogens is 1. The molecule has 0 saturated heterocycles. The molecule has 0 bridgehead atoms. The van der Waals surface area contributed by atoms with E-state index >= 15 is 0 Å². The fourth-order valence-corrected chi connectivity index (χ4v) is 1.72. The first-order chi connectivity index (χ1) is 9.11. The smallest absolute Gasteiger partial charge is 0.283 e. The number of carbonyl (C=O) groups is 1. The number of rotatable bonds is 4. The van der Waals surface area contributed by atoms with Crippen LogP contribution in [0.3, 0.4) is 0 Å². The predicted molar refractivity (Wildman–Crippen MR) is 70.0 cm³/mol. The van der Waals surface area contributed by atoms with E-state index < -0.39 is 6.29 Å². The van der Waals surface area contributed by atoms with Crippen LogP contribution in [0.5, 0.6) is 0 Å². The minimum atomic E-state index is -0.552. The number of nitrogens with one attached hydrogen (secondary N) is 1. The number of nitrogens with zero attached hydrogens (tertiary/aromatic N) is 2. The lowest BCUT2D eigenvalue weighted by Crippen LogP contribution is -2.24. The highest BCUT2D eigenvalue weighted by Crippen LogP contribution is 2.27. The molecule has 0 spiro atoms. The van der Waals surface area contributed by atoms with E-state index in [2.05, 4.69) is 10.3 Å². The van der Waals surface area contributed by atoms with Crippen LogP contribution in [0.1, 0.15) is 24.5 Å². The van der Waals surface area contributed by atoms with Gasteiger partial charge in [-0.15, -0.1) is 0 Å². The first-order valence-electron chi connectivity index (χ1n) is 5.97. The van der Waals surface area contributed by atoms with Gasteiger partial charge in [0, 0.05) is 33.1 Å². The predicted octanol–water partition coefficient (Wildman–Crippen LogP) is 1.62. The minimum Gasteiger partial charge on any atom is -0.454 e. The second-order valence-corrected chi connectivity index (χ2v) is 4.24. The molecule has 1 amide bonds. The molecule has 0 atom stereocenters. The maximum Gasteiger partial charge on any atom is 0.283 e. The Morgan fingerprint density at radius 1 is 1.42 bits per heavy atom. The van der Waals surface area contributed by atoms with Crippen molar-refractivity contribution in [2.45, 2.75) is 19.8 Å². The average molecular weight is 263 g/mol. The Morgan fingerprint density at radius 3 is 2.68 bits per heavy atom. The Morgan fingerprint density at radius 2 is 2.11 bits per heavy atom. The Labute approximate surface area is 112 Å². The van der Waals surface area contributed by atoms with E-state index in [1.54, 1.807) is 19.0 Å². The third-order valence-corrected chi connectivity index (χ3v) is 2.90. The van der Waals surface area contributed by atoms with Gasteiger partial charge in [-0.1, -0.05) is 6.07 Å². The van der Waals surface area contributed by atoms with Crippen molar-refractivity contribution in [3.63, 3.8) is 0 Å². The van der Waals surface area contributed by atoms with Gasteiger partial charge in [-0.3, -0.25) is 4.79 Å². The number of ether oxygens (including phenoxy) is 2. The zero-order valence-electron chi connectivity index (χ0n) is 11.2. The lowest BCUT2D eigenvalue weighted by Gasteiger charge is -2.19. The highest BCUT2D eigenvalue weighted by Gasteiger charge is 2.22. The van der Waals surface area contributed by atoms with Gasteiger partial charge >= 0.3 is 0 Å². The molecule has 1 aromatic rings. The van der Waals surface area contributed by atoms with Crippen LogP contribution in [0.25, 0.3) is 0 Å². The van der Waals surface area contributed by atoms with Crippen molar-refractivity contribution in [3.8, 4) is 0 Å². The van der Waals surface area contributed by atoms with Crippen LogP contribution < -0.4 is 5.32 Å². The van der Waals surface area contributed by atoms with Gasteiger partial charge in [-0.2, -0.15) is 0 Å². The number of anilines is 1. The molecule has 2 rings (SSSR count). The van der Waals surface area contributed by atoms with Crippen molar-refractivity contribution < 1.29 is 14.3 Å². The summed E-state index contributed by atoms with van der Waals surface area (Å²) in [5.74, 6) is 0.721. The molecule has 6 nitrogen and oxygen atoms in total. The summed E-state index contributed by atoms with van der Waals surface area (Å²) in [6.07, 6.45) is 2.41. The van der Waals surface area contributed by atoms with Gasteiger partial charge in [-0.25, -0.2) is 4.98 Å². The molecule has 0 radical (unpaired) electrons. The number of hydrogen-bond donors (Lipinski definition) is 1. The van der Waals surface area contributed by atoms with Crippen molar-refractivity contribution in [1.29, 1.82) is 0 Å². The Hall–Kier alpha value is -2.24. The first-order valence-corrected chi connectivity index (χ1v) is 5.97. The molecule has 0 aliphatic carbocycles. The molecule has 0 aromatic carbocycles. The molecule has 0 fully saturated rings. The van der Waals surface area contributed by atoms with E-state index in [0.29, 0.717) is 12.2 Å². The van der Waals surface area contributed by atoms with Crippen LogP contribution in [0.2, 0.25) is 0 Å². The van der Waals surface area contributed by atoms with Gasteiger partial charge in [0.15, 0.2) is 0 Å². The van der Waals surface area contributed by atoms with E-state index in [0.717, 1.165) is 11.4 Å². The summed E-state index contributed by atoms with van der Waals surface area (Å²) in [5, 5.41) is 2.97. The van der Waals surface area contributed by atoms with Crippen LogP contribution in [0.4, 0.5) is 5.82 Å². The number of pyridine rings is 1. The molecule has 102 valence electrons. The quantitative estimate of drug-likeness (QED) is 0.894. The molecule has 6 heteroatoms. The standard InChI is InChI=1S/C13H17N3O3/c1-9(17)16(3)8-10-4-5-11(14-2)15-12(10)13-18-6-7-19-13/h4-7,13H,8H2,1-3H3,(H,14,15). The summed E-state index contributed by atoms with van der Waals surface area (Å²) in [7, 11) is 3.54. The number of carbonyl (C=O) groups excluding carboxylic acids is 1. The summed E-state index contributed by atoms with van der Waals surface area (Å²) in [4.78, 5) is 17.4. The van der Waals surface area contributed by atoms with Crippen LogP contribution in [0.15, 0.2) is 24.7 Å². The zero-order valence-corrected chi connectivity index (χ0v) is 11.2. The Balaban J connectivity index is 2.28. The van der Waals surface area contributed by atoms with Crippen LogP contribution >= 0.6 is 0 Å². The summed E-state index contributed by atoms with van der Waals surface area (Å²) < 4.78 is 10.6. The van der Waals surface area contributed by atoms with Gasteiger partial charge in [0.1, 0.15) is 24.0 Å². The second-order valence-electron chi connectivity index (χ2n) is 4.24. The molecule has 1 aromatic heterocycles. The summed E-state index contributed by atoms with van der Waals surface area (Å²) in [6.45, 7) is 1.99. The van der Waals surface area contributed by atoms with Gasteiger partial charge in [-0.05, 0) is 6.07 Å². The van der Waals surface area contributed by atoms with E-state index in [1.807, 2.05) is 12.1 Å². The lowest BCUT2D eigenvalue weighted by atomic mass is 10.1. The van der Waals surface area contributed by atoms with Gasteiger partial charge in [0.2, 0.25) is 5.91 Å². The van der Waals surface area contributed by atoms with Gasteiger partial charge in [0.25, 0.3) is 6.29 Å². The zero-order chi connectivity index (χ0) is 13.8. The first kappa shape index (κ1) is 13.2. The van der Waals surface area contributed by atoms with Crippen LogP contribution in [0, 0.1) is 0 Å². The maximum absolute atomic E-state index is 11.3. The monoisotopic (exact) mass is 263 g/mol. The van der Waals surface area contributed by atoms with Crippen molar-refractivity contribution in [2.24, 2.45) is 0 Å². The van der Waals surface area contributed by atoms with E-state index in [-0.39, 0.29) is 5.91 Å². The largest absolute Gasteiger partial charge is 0.454 e. The van der Waals surface area contributed by atoms with Crippen molar-refractivity contribution in [3.05, 3.63) is 35.9 Å². The van der Waals surface area contributed by atoms with Crippen molar-refractivity contribution in [1.82, 2.24) is 9.88 Å². The fraction of sp³-hybridized carbons (Fsp3) is 0.385. The van der Waals surface area contributed by atoms with E-state index in [9.17, 15) is 4.79 Å².